The Hall–Kier alpha value is -2.69. The molecule has 3 heterocycles. The maximum absolute atomic E-state index is 12.5. The summed E-state index contributed by atoms with van der Waals surface area (Å²) in [4.78, 5) is 12.0. The van der Waals surface area contributed by atoms with Crippen molar-refractivity contribution in [1.82, 2.24) is 16.0 Å². The Morgan fingerprint density at radius 1 is 1.22 bits per heavy atom. The van der Waals surface area contributed by atoms with E-state index >= 15 is 0 Å². The Labute approximate surface area is 305 Å². The number of benzene rings is 1. The van der Waals surface area contributed by atoms with Crippen LogP contribution in [0.3, 0.4) is 0 Å². The predicted octanol–water partition coefficient (Wildman–Crippen LogP) is 5.01. The highest BCUT2D eigenvalue weighted by Crippen LogP contribution is 2.63. The normalized spacial score (nSPS) is 35.4. The highest BCUT2D eigenvalue weighted by atomic mass is 16.3. The van der Waals surface area contributed by atoms with Crippen LogP contribution in [0.5, 0.6) is 0 Å². The van der Waals surface area contributed by atoms with Gasteiger partial charge in [-0.25, -0.2) is 0 Å². The fraction of sp³-hybridized carbons (Fsp3) is 0.605. The zero-order chi connectivity index (χ0) is 36.8. The van der Waals surface area contributed by atoms with Gasteiger partial charge in [0.15, 0.2) is 0 Å². The van der Waals surface area contributed by atoms with E-state index in [0.29, 0.717) is 69.0 Å². The third kappa shape index (κ3) is 8.13. The van der Waals surface area contributed by atoms with Gasteiger partial charge in [-0.3, -0.25) is 15.4 Å². The number of carbonyl (C=O) groups is 1. The molecule has 3 fully saturated rings. The van der Waals surface area contributed by atoms with Gasteiger partial charge in [0.05, 0.1) is 24.5 Å². The summed E-state index contributed by atoms with van der Waals surface area (Å²) in [5.41, 5.74) is 5.24. The molecule has 51 heavy (non-hydrogen) atoms. The third-order valence-electron chi connectivity index (χ3n) is 13.0. The van der Waals surface area contributed by atoms with E-state index in [1.54, 1.807) is 0 Å². The Morgan fingerprint density at radius 2 is 2.02 bits per heavy atom. The van der Waals surface area contributed by atoms with Gasteiger partial charge in [0, 0.05) is 36.4 Å². The minimum Gasteiger partial charge on any atom is -0.396 e. The number of hydrogen-bond donors (Lipinski definition) is 7. The van der Waals surface area contributed by atoms with E-state index < -0.39 is 17.1 Å². The van der Waals surface area contributed by atoms with Crippen molar-refractivity contribution in [3.63, 3.8) is 0 Å². The van der Waals surface area contributed by atoms with E-state index in [9.17, 15) is 25.2 Å². The van der Waals surface area contributed by atoms with Gasteiger partial charge in [-0.2, -0.15) is 0 Å². The molecule has 1 aromatic rings. The molecule has 2 saturated carbocycles. The molecule has 0 radical (unpaired) electrons. The van der Waals surface area contributed by atoms with Gasteiger partial charge >= 0.3 is 0 Å². The van der Waals surface area contributed by atoms with Crippen molar-refractivity contribution in [3.05, 3.63) is 94.1 Å². The summed E-state index contributed by atoms with van der Waals surface area (Å²) >= 11 is 0. The monoisotopic (exact) mass is 701 g/mol. The van der Waals surface area contributed by atoms with Gasteiger partial charge in [0.1, 0.15) is 6.29 Å². The number of hydrogen-bond acceptors (Lipinski definition) is 8. The molecule has 2 aliphatic carbocycles. The summed E-state index contributed by atoms with van der Waals surface area (Å²) in [5.74, 6) is -0.0117. The first-order chi connectivity index (χ1) is 24.5. The van der Waals surface area contributed by atoms with Crippen molar-refractivity contribution in [2.45, 2.75) is 108 Å². The number of fused-ring (bicyclic) bond motifs is 5. The lowest BCUT2D eigenvalue weighted by molar-refractivity contribution is -0.180. The highest BCUT2D eigenvalue weighted by molar-refractivity contribution is 5.74. The smallest absolute Gasteiger partial charge is 0.145 e. The first-order valence-corrected chi connectivity index (χ1v) is 19.3. The number of nitrogens with one attached hydrogen (secondary N) is 3. The van der Waals surface area contributed by atoms with Crippen LogP contribution in [-0.4, -0.2) is 84.0 Å². The Balaban J connectivity index is 1.41. The molecule has 9 unspecified atom stereocenters. The SMILES string of the molecule is C=C(C=CC=C(CO)C1CCC2(C(CCCO)C(=C(C)C=O)CCC2(O)CCNC)C1O)C1CC=C(C)C2NCC(c3cccc(c3)C1)C(C)N2. The van der Waals surface area contributed by atoms with Gasteiger partial charge < -0.3 is 25.7 Å². The van der Waals surface area contributed by atoms with Crippen LogP contribution in [0.15, 0.2) is 83.0 Å². The van der Waals surface area contributed by atoms with Crippen molar-refractivity contribution >= 4 is 6.29 Å². The van der Waals surface area contributed by atoms with E-state index in [4.69, 9.17) is 0 Å². The van der Waals surface area contributed by atoms with Crippen LogP contribution < -0.4 is 16.0 Å². The lowest BCUT2D eigenvalue weighted by Crippen LogP contribution is -2.61. The van der Waals surface area contributed by atoms with Gasteiger partial charge in [0.25, 0.3) is 0 Å². The van der Waals surface area contributed by atoms with Gasteiger partial charge in [-0.05, 0) is 132 Å². The van der Waals surface area contributed by atoms with E-state index in [2.05, 4.69) is 66.7 Å². The van der Waals surface area contributed by atoms with Crippen LogP contribution in [0.2, 0.25) is 0 Å². The highest BCUT2D eigenvalue weighted by Gasteiger charge is 2.65. The molecule has 1 aromatic carbocycles. The topological polar surface area (TPSA) is 134 Å². The van der Waals surface area contributed by atoms with Crippen molar-refractivity contribution in [3.8, 4) is 0 Å². The first-order valence-electron chi connectivity index (χ1n) is 19.3. The van der Waals surface area contributed by atoms with Crippen molar-refractivity contribution in [1.29, 1.82) is 0 Å². The minimum absolute atomic E-state index is 0.000804. The van der Waals surface area contributed by atoms with Gasteiger partial charge in [-0.1, -0.05) is 66.3 Å². The van der Waals surface area contributed by atoms with Crippen LogP contribution >= 0.6 is 0 Å². The molecular formula is C43H63N3O5. The average Bonchev–Trinajstić information content (AvgIpc) is 3.47. The minimum atomic E-state index is -1.17. The second-order valence-corrected chi connectivity index (χ2v) is 15.8. The summed E-state index contributed by atoms with van der Waals surface area (Å²) in [7, 11) is 1.86. The quantitative estimate of drug-likeness (QED) is 0.0701. The van der Waals surface area contributed by atoms with Crippen LogP contribution in [0.25, 0.3) is 0 Å². The third-order valence-corrected chi connectivity index (χ3v) is 13.0. The fourth-order valence-electron chi connectivity index (χ4n) is 10.0. The zero-order valence-electron chi connectivity index (χ0n) is 31.3. The number of aliphatic hydroxyl groups excluding tert-OH is 3. The van der Waals surface area contributed by atoms with Crippen molar-refractivity contribution < 1.29 is 25.2 Å². The molecule has 4 bridgehead atoms. The van der Waals surface area contributed by atoms with Crippen molar-refractivity contribution in [2.24, 2.45) is 23.2 Å². The fourth-order valence-corrected chi connectivity index (χ4v) is 10.0. The molecule has 8 heteroatoms. The number of rotatable bonds is 12. The average molecular weight is 702 g/mol. The molecule has 1 saturated heterocycles. The van der Waals surface area contributed by atoms with Crippen molar-refractivity contribution in [2.75, 3.05) is 33.4 Å². The van der Waals surface area contributed by atoms with Crippen LogP contribution in [-0.2, 0) is 11.2 Å². The molecule has 280 valence electrons. The maximum Gasteiger partial charge on any atom is 0.145 e. The Bertz CT molecular complexity index is 1510. The van der Waals surface area contributed by atoms with Gasteiger partial charge in [-0.15, -0.1) is 0 Å². The van der Waals surface area contributed by atoms with E-state index in [1.165, 1.54) is 16.7 Å². The summed E-state index contributed by atoms with van der Waals surface area (Å²) in [6.45, 7) is 12.1. The number of aldehydes is 1. The largest absolute Gasteiger partial charge is 0.396 e. The van der Waals surface area contributed by atoms with Crippen LogP contribution in [0, 0.1) is 23.2 Å². The lowest BCUT2D eigenvalue weighted by Gasteiger charge is -2.57. The molecule has 8 nitrogen and oxygen atoms in total. The molecule has 1 spiro atoms. The Kier molecular flexibility index (Phi) is 13.5. The summed E-state index contributed by atoms with van der Waals surface area (Å²) in [5, 5.41) is 56.0. The number of aliphatic hydroxyl groups is 4. The predicted molar refractivity (Wildman–Crippen MR) is 205 cm³/mol. The number of allylic oxidation sites excluding steroid dienone is 7. The molecule has 9 atom stereocenters. The summed E-state index contributed by atoms with van der Waals surface area (Å²) < 4.78 is 0. The second-order valence-electron chi connectivity index (χ2n) is 15.8. The second kappa shape index (κ2) is 17.4. The standard InChI is InChI=1S/C43H63N3O5/c1-28(33-15-14-29(2)41-45-25-38(31(4)46-41)34-11-7-10-32(23-33)24-34)9-6-12-35(27-49)37-17-19-43(40(37)50)39(13-8-22-47)36(30(3)26-48)16-18-42(43,51)20-21-44-5/h6-7,9-12,14,24,26,31,33,37-41,44-47,49-51H,1,8,13,15-23,25,27H2,2-5H3. The molecule has 0 amide bonds. The Morgan fingerprint density at radius 3 is 2.73 bits per heavy atom. The first kappa shape index (κ1) is 39.5. The maximum atomic E-state index is 12.5. The molecular weight excluding hydrogens is 638 g/mol. The molecule has 7 N–H and O–H groups in total. The van der Waals surface area contributed by atoms with E-state index in [0.717, 1.165) is 42.4 Å². The van der Waals surface area contributed by atoms with Gasteiger partial charge in [0.2, 0.25) is 0 Å². The van der Waals surface area contributed by atoms with Crippen LogP contribution in [0.1, 0.15) is 89.2 Å². The zero-order valence-corrected chi connectivity index (χ0v) is 31.3. The lowest BCUT2D eigenvalue weighted by atomic mass is 9.51. The number of carbonyl (C=O) groups excluding carboxylic acids is 1. The van der Waals surface area contributed by atoms with Crippen LogP contribution in [0.4, 0.5) is 0 Å². The van der Waals surface area contributed by atoms with E-state index in [-0.39, 0.29) is 37.1 Å². The summed E-state index contributed by atoms with van der Waals surface area (Å²) in [6.07, 6.45) is 13.9. The molecule has 5 aliphatic rings. The molecule has 0 aromatic heterocycles. The molecule has 6 rings (SSSR count). The van der Waals surface area contributed by atoms with E-state index in [1.807, 2.05) is 32.2 Å². The summed E-state index contributed by atoms with van der Waals surface area (Å²) in [6, 6.07) is 9.33. The molecule has 3 aliphatic heterocycles.